The number of halogens is 2. The van der Waals surface area contributed by atoms with Gasteiger partial charge in [-0.1, -0.05) is 34.2 Å². The van der Waals surface area contributed by atoms with E-state index in [1.807, 2.05) is 0 Å². The third-order valence-electron chi connectivity index (χ3n) is 0.963. The monoisotopic (exact) mass is 206 g/mol. The minimum Gasteiger partial charge on any atom is -0.251 e. The summed E-state index contributed by atoms with van der Waals surface area (Å²) in [6.45, 7) is 1.21. The fraction of sp³-hybridized carbons (Fsp3) is 0.500. The summed E-state index contributed by atoms with van der Waals surface area (Å²) in [6, 6.07) is 0. The van der Waals surface area contributed by atoms with E-state index in [1.165, 1.54) is 24.2 Å². The second-order valence-electron chi connectivity index (χ2n) is 1.85. The molecule has 58 valence electrons. The van der Waals surface area contributed by atoms with Gasteiger partial charge in [-0.2, -0.15) is 0 Å². The predicted molar refractivity (Wildman–Crippen MR) is 47.0 cm³/mol. The van der Waals surface area contributed by atoms with Gasteiger partial charge in [0.2, 0.25) is 0 Å². The van der Waals surface area contributed by atoms with Crippen molar-refractivity contribution in [1.29, 1.82) is 0 Å². The maximum absolute atomic E-state index is 10.3. The molecule has 0 aliphatic heterocycles. The lowest BCUT2D eigenvalue weighted by molar-refractivity contribution is 0.527. The predicted octanol–water partition coefficient (Wildman–Crippen LogP) is 3.59. The summed E-state index contributed by atoms with van der Waals surface area (Å²) in [5.74, 6) is 0. The molecule has 1 aliphatic rings. The summed E-state index contributed by atoms with van der Waals surface area (Å²) in [7, 11) is 0. The Bertz CT molecular complexity index is 127. The highest BCUT2D eigenvalue weighted by Crippen LogP contribution is 2.16. The van der Waals surface area contributed by atoms with Crippen LogP contribution in [0.3, 0.4) is 0 Å². The van der Waals surface area contributed by atoms with Crippen LogP contribution in [0.1, 0.15) is 19.8 Å². The molecule has 0 nitrogen and oxygen atoms in total. The molecule has 0 aromatic heterocycles. The van der Waals surface area contributed by atoms with E-state index in [1.54, 1.807) is 0 Å². The van der Waals surface area contributed by atoms with Crippen molar-refractivity contribution in [2.75, 3.05) is 6.67 Å². The van der Waals surface area contributed by atoms with Crippen LogP contribution in [0.25, 0.3) is 0 Å². The minimum atomic E-state index is -0.250. The van der Waals surface area contributed by atoms with Gasteiger partial charge < -0.3 is 0 Å². The summed E-state index contributed by atoms with van der Waals surface area (Å²) in [5.41, 5.74) is 0. The molecule has 0 saturated heterocycles. The molecule has 0 bridgehead atoms. The van der Waals surface area contributed by atoms with E-state index in [4.69, 9.17) is 0 Å². The Morgan fingerprint density at radius 2 is 2.30 bits per heavy atom. The van der Waals surface area contributed by atoms with Crippen LogP contribution in [0.15, 0.2) is 22.7 Å². The van der Waals surface area contributed by atoms with Crippen LogP contribution < -0.4 is 0 Å². The van der Waals surface area contributed by atoms with E-state index in [9.17, 15) is 4.39 Å². The Labute approximate surface area is 69.9 Å². The van der Waals surface area contributed by atoms with Gasteiger partial charge in [-0.05, 0) is 24.2 Å². The van der Waals surface area contributed by atoms with Crippen LogP contribution in [0.4, 0.5) is 4.39 Å². The van der Waals surface area contributed by atoms with Crippen molar-refractivity contribution < 1.29 is 4.39 Å². The van der Waals surface area contributed by atoms with Crippen LogP contribution in [-0.2, 0) is 0 Å². The summed E-state index contributed by atoms with van der Waals surface area (Å²) >= 11 is 3.40. The van der Waals surface area contributed by atoms with Crippen molar-refractivity contribution in [3.63, 3.8) is 0 Å². The van der Waals surface area contributed by atoms with Gasteiger partial charge >= 0.3 is 0 Å². The summed E-state index contributed by atoms with van der Waals surface area (Å²) in [6.07, 6.45) is 8.70. The average molecular weight is 207 g/mol. The zero-order chi connectivity index (χ0) is 7.82. The maximum Gasteiger partial charge on any atom is 0.0866 e. The van der Waals surface area contributed by atoms with Crippen molar-refractivity contribution in [2.45, 2.75) is 19.8 Å². The molecule has 10 heavy (non-hydrogen) atoms. The molecule has 1 aliphatic carbocycles. The summed E-state index contributed by atoms with van der Waals surface area (Å²) in [5, 5.41) is 0. The summed E-state index contributed by atoms with van der Waals surface area (Å²) < 4.78 is 11.6. The van der Waals surface area contributed by atoms with Gasteiger partial charge in [0, 0.05) is 0 Å². The van der Waals surface area contributed by atoms with Gasteiger partial charge in [-0.3, -0.25) is 4.39 Å². The lowest BCUT2D eigenvalue weighted by atomic mass is 10.2. The van der Waals surface area contributed by atoms with E-state index in [0.29, 0.717) is 0 Å². The molecule has 2 heteroatoms. The van der Waals surface area contributed by atoms with Crippen LogP contribution in [0, 0.1) is 0 Å². The second-order valence-corrected chi connectivity index (χ2v) is 2.87. The minimum absolute atomic E-state index is 0.250. The Morgan fingerprint density at radius 3 is 2.50 bits per heavy atom. The molecule has 0 aromatic rings. The average Bonchev–Trinajstić information content (AvgIpc) is 1.91. The first-order valence-corrected chi connectivity index (χ1v) is 4.17. The summed E-state index contributed by atoms with van der Waals surface area (Å²) in [4.78, 5) is 0. The van der Waals surface area contributed by atoms with E-state index in [2.05, 4.69) is 34.2 Å². The smallest absolute Gasteiger partial charge is 0.0866 e. The molecule has 0 saturated carbocycles. The zero-order valence-electron chi connectivity index (χ0n) is 6.11. The molecule has 0 unspecified atom stereocenters. The second kappa shape index (κ2) is 7.00. The number of rotatable bonds is 0. The normalized spacial score (nSPS) is 15.3. The Hall–Kier alpha value is -0.110. The lowest BCUT2D eigenvalue weighted by Crippen LogP contribution is -1.75. The Morgan fingerprint density at radius 1 is 1.70 bits per heavy atom. The van der Waals surface area contributed by atoms with Crippen LogP contribution in [0.2, 0.25) is 0 Å². The highest BCUT2D eigenvalue weighted by molar-refractivity contribution is 9.11. The van der Waals surface area contributed by atoms with Crippen LogP contribution in [0.5, 0.6) is 0 Å². The molecule has 0 N–H and O–H groups in total. The van der Waals surface area contributed by atoms with Crippen LogP contribution in [-0.4, -0.2) is 6.67 Å². The van der Waals surface area contributed by atoms with E-state index >= 15 is 0 Å². The molecule has 0 amide bonds. The number of alkyl halides is 1. The molecule has 0 radical (unpaired) electrons. The van der Waals surface area contributed by atoms with Crippen LogP contribution >= 0.6 is 15.9 Å². The highest BCUT2D eigenvalue weighted by Gasteiger charge is 1.90. The molecule has 0 aromatic carbocycles. The first-order valence-electron chi connectivity index (χ1n) is 3.38. The molecule has 1 rings (SSSR count). The van der Waals surface area contributed by atoms with Crippen molar-refractivity contribution in [2.24, 2.45) is 0 Å². The van der Waals surface area contributed by atoms with Gasteiger partial charge in [0.05, 0.1) is 6.67 Å². The molecular formula is C8H12BrF. The van der Waals surface area contributed by atoms with Crippen molar-refractivity contribution in [1.82, 2.24) is 0 Å². The third kappa shape index (κ3) is 6.02. The van der Waals surface area contributed by atoms with Gasteiger partial charge in [-0.25, -0.2) is 0 Å². The molecule has 0 atom stereocenters. The zero-order valence-corrected chi connectivity index (χ0v) is 7.70. The van der Waals surface area contributed by atoms with E-state index in [-0.39, 0.29) is 6.67 Å². The van der Waals surface area contributed by atoms with Gasteiger partial charge in [0.1, 0.15) is 0 Å². The van der Waals surface area contributed by atoms with Crippen molar-refractivity contribution in [3.05, 3.63) is 22.7 Å². The number of allylic oxidation sites excluding steroid dienone is 4. The first kappa shape index (κ1) is 9.89. The fourth-order valence-electron chi connectivity index (χ4n) is 0.573. The topological polar surface area (TPSA) is 0 Å². The van der Waals surface area contributed by atoms with E-state index in [0.717, 1.165) is 0 Å². The van der Waals surface area contributed by atoms with E-state index < -0.39 is 0 Å². The first-order chi connectivity index (χ1) is 4.81. The Kier molecular flexibility index (Phi) is 6.93. The molecular weight excluding hydrogens is 195 g/mol. The standard InChI is InChI=1S/C6H7Br.C2H5F/c7-6-4-2-1-3-5-6;1-2-3/h1-2,4H,3,5H2;2H2,1H3. The Balaban J connectivity index is 0.000000236. The molecule has 0 spiro atoms. The number of hydrogen-bond acceptors (Lipinski definition) is 0. The van der Waals surface area contributed by atoms with Gasteiger partial charge in [0.25, 0.3) is 0 Å². The van der Waals surface area contributed by atoms with Crippen molar-refractivity contribution >= 4 is 15.9 Å². The molecule has 0 fully saturated rings. The quantitative estimate of drug-likeness (QED) is 0.569. The SMILES string of the molecule is BrC1=CC=CCC1.CCF. The maximum atomic E-state index is 10.3. The fourth-order valence-corrected chi connectivity index (χ4v) is 0.955. The molecule has 0 heterocycles. The number of hydrogen-bond donors (Lipinski definition) is 0. The van der Waals surface area contributed by atoms with Gasteiger partial charge in [-0.15, -0.1) is 0 Å². The largest absolute Gasteiger partial charge is 0.251 e. The third-order valence-corrected chi connectivity index (χ3v) is 1.62. The highest BCUT2D eigenvalue weighted by atomic mass is 79.9. The lowest BCUT2D eigenvalue weighted by Gasteiger charge is -1.96. The van der Waals surface area contributed by atoms with Gasteiger partial charge in [0.15, 0.2) is 0 Å². The van der Waals surface area contributed by atoms with Crippen molar-refractivity contribution in [3.8, 4) is 0 Å².